The zero-order chi connectivity index (χ0) is 33.5. The molecule has 3 aliphatic rings. The number of carbonyl (C=O) groups is 7. The summed E-state index contributed by atoms with van der Waals surface area (Å²) in [7, 11) is 0. The topological polar surface area (TPSA) is 193 Å². The molecular weight excluding hydrogens is 588 g/mol. The molecule has 0 N–H and O–H groups in total. The summed E-state index contributed by atoms with van der Waals surface area (Å²) in [6, 6.07) is 0. The van der Waals surface area contributed by atoms with Gasteiger partial charge in [-0.25, -0.2) is 0 Å². The van der Waals surface area contributed by atoms with Crippen LogP contribution in [0.5, 0.6) is 0 Å². The molecule has 3 fully saturated rings. The first kappa shape index (κ1) is 34.7. The molecule has 2 saturated carbocycles. The van der Waals surface area contributed by atoms with E-state index in [1.54, 1.807) is 20.8 Å². The van der Waals surface area contributed by atoms with Crippen molar-refractivity contribution in [1.29, 1.82) is 0 Å². The third-order valence-corrected chi connectivity index (χ3v) is 8.47. The van der Waals surface area contributed by atoms with E-state index >= 15 is 0 Å². The van der Waals surface area contributed by atoms with Gasteiger partial charge in [-0.05, 0) is 13.8 Å². The van der Waals surface area contributed by atoms with E-state index in [1.807, 2.05) is 0 Å². The minimum Gasteiger partial charge on any atom is -0.465 e. The van der Waals surface area contributed by atoms with Crippen LogP contribution in [0.3, 0.4) is 0 Å². The predicted molar refractivity (Wildman–Crippen MR) is 143 cm³/mol. The second-order valence-electron chi connectivity index (χ2n) is 11.9. The van der Waals surface area contributed by atoms with E-state index in [4.69, 9.17) is 37.9 Å². The smallest absolute Gasteiger partial charge is 0.303 e. The molecule has 10 atom stereocenters. The van der Waals surface area contributed by atoms with Crippen molar-refractivity contribution in [2.24, 2.45) is 17.3 Å². The van der Waals surface area contributed by atoms with Gasteiger partial charge < -0.3 is 37.9 Å². The first-order valence-electron chi connectivity index (χ1n) is 14.1. The lowest BCUT2D eigenvalue weighted by atomic mass is 9.46. The van der Waals surface area contributed by atoms with E-state index < -0.39 is 113 Å². The highest BCUT2D eigenvalue weighted by Crippen LogP contribution is 2.69. The largest absolute Gasteiger partial charge is 0.465 e. The van der Waals surface area contributed by atoms with Gasteiger partial charge in [-0.15, -0.1) is 0 Å². The molecule has 3 rings (SSSR count). The Kier molecular flexibility index (Phi) is 9.73. The first-order valence-corrected chi connectivity index (χ1v) is 14.1. The fourth-order valence-electron chi connectivity index (χ4n) is 7.53. The third-order valence-electron chi connectivity index (χ3n) is 8.47. The standard InChI is InChI=1S/C29H40O15/c1-12-21(38-14(3)31)23(40-16(5)33)26(43-19(8)36)28(11-37-13(2)30)25(42-18(7)35)22(39-15(4)32)20-24(41-17(6)34)29(12,28)44-27(20,9)10/h12,20-26H,11H2,1-10H3/t12-,20?,21-,22-,23+,24-,25-,26+,28-,29?/m1/s1. The van der Waals surface area contributed by atoms with E-state index in [1.165, 1.54) is 0 Å². The Labute approximate surface area is 254 Å². The fraction of sp³-hybridized carbons (Fsp3) is 0.759. The van der Waals surface area contributed by atoms with Crippen LogP contribution in [0.25, 0.3) is 0 Å². The summed E-state index contributed by atoms with van der Waals surface area (Å²) in [5.41, 5.74) is -5.42. The zero-order valence-electron chi connectivity index (χ0n) is 26.4. The Morgan fingerprint density at radius 1 is 0.545 bits per heavy atom. The van der Waals surface area contributed by atoms with E-state index in [-0.39, 0.29) is 0 Å². The van der Waals surface area contributed by atoms with Crippen molar-refractivity contribution >= 4 is 41.8 Å². The van der Waals surface area contributed by atoms with E-state index in [0.717, 1.165) is 48.5 Å². The van der Waals surface area contributed by atoms with Crippen LogP contribution in [0, 0.1) is 17.3 Å². The number of carbonyl (C=O) groups excluding carboxylic acids is 7. The van der Waals surface area contributed by atoms with Crippen LogP contribution in [0.1, 0.15) is 69.2 Å². The predicted octanol–water partition coefficient (Wildman–Crippen LogP) is 0.953. The lowest BCUT2D eigenvalue weighted by Gasteiger charge is -2.65. The molecule has 0 aromatic heterocycles. The Bertz CT molecular complexity index is 1230. The minimum absolute atomic E-state index is 0.745. The number of ether oxygens (including phenoxy) is 8. The van der Waals surface area contributed by atoms with Gasteiger partial charge in [-0.2, -0.15) is 0 Å². The lowest BCUT2D eigenvalue weighted by Crippen LogP contribution is -2.84. The number of hydrogen-bond acceptors (Lipinski definition) is 15. The molecule has 15 heteroatoms. The summed E-state index contributed by atoms with van der Waals surface area (Å²) < 4.78 is 47.3. The van der Waals surface area contributed by atoms with Crippen LogP contribution >= 0.6 is 0 Å². The van der Waals surface area contributed by atoms with E-state index in [2.05, 4.69) is 0 Å². The van der Waals surface area contributed by atoms with Crippen molar-refractivity contribution in [3.63, 3.8) is 0 Å². The number of hydrogen-bond donors (Lipinski definition) is 0. The maximum atomic E-state index is 12.8. The highest BCUT2D eigenvalue weighted by molar-refractivity contribution is 5.71. The second kappa shape index (κ2) is 12.3. The second-order valence-corrected chi connectivity index (χ2v) is 11.9. The van der Waals surface area contributed by atoms with Crippen LogP contribution in [0.15, 0.2) is 0 Å². The van der Waals surface area contributed by atoms with Crippen molar-refractivity contribution in [2.45, 2.75) is 117 Å². The summed E-state index contributed by atoms with van der Waals surface area (Å²) in [5, 5.41) is 0. The molecule has 0 amide bonds. The fourth-order valence-corrected chi connectivity index (χ4v) is 7.53. The molecule has 2 unspecified atom stereocenters. The molecule has 0 radical (unpaired) electrons. The van der Waals surface area contributed by atoms with E-state index in [9.17, 15) is 33.6 Å². The Morgan fingerprint density at radius 2 is 0.932 bits per heavy atom. The number of fused-ring (bicyclic) bond motifs is 1. The van der Waals surface area contributed by atoms with Gasteiger partial charge >= 0.3 is 41.8 Å². The van der Waals surface area contributed by atoms with Crippen LogP contribution in [0.2, 0.25) is 0 Å². The molecule has 1 spiro atoms. The maximum absolute atomic E-state index is 12.8. The molecule has 1 heterocycles. The first-order chi connectivity index (χ1) is 20.2. The molecule has 1 saturated heterocycles. The van der Waals surface area contributed by atoms with E-state index in [0.29, 0.717) is 0 Å². The summed E-state index contributed by atoms with van der Waals surface area (Å²) in [6.07, 6.45) is -9.21. The quantitative estimate of drug-likeness (QED) is 0.272. The molecule has 44 heavy (non-hydrogen) atoms. The summed E-state index contributed by atoms with van der Waals surface area (Å²) in [6.45, 7) is 11.7. The summed E-state index contributed by atoms with van der Waals surface area (Å²) in [4.78, 5) is 88.2. The van der Waals surface area contributed by atoms with Gasteiger partial charge in [0.1, 0.15) is 35.9 Å². The highest BCUT2D eigenvalue weighted by Gasteiger charge is 2.87. The summed E-state index contributed by atoms with van der Waals surface area (Å²) >= 11 is 0. The number of esters is 7. The SMILES string of the molecule is CC(=O)OC[C@]12[C@H](OC(C)=O)[C@H](OC(C)=O)C3[C@@H](OC(C)=O)C1(OC3(C)C)[C@H](C)[C@@H](OC(C)=O)[C@H](OC(C)=O)[C@@H]2OC(C)=O. The van der Waals surface area contributed by atoms with Gasteiger partial charge in [0, 0.05) is 54.4 Å². The van der Waals surface area contributed by atoms with Crippen LogP contribution in [-0.2, 0) is 71.5 Å². The van der Waals surface area contributed by atoms with Crippen LogP contribution in [-0.4, -0.2) is 96.2 Å². The Balaban J connectivity index is 2.62. The van der Waals surface area contributed by atoms with Gasteiger partial charge in [-0.3, -0.25) is 33.6 Å². The zero-order valence-corrected chi connectivity index (χ0v) is 26.4. The van der Waals surface area contributed by atoms with Crippen molar-refractivity contribution < 1.29 is 71.5 Å². The van der Waals surface area contributed by atoms with Crippen molar-refractivity contribution in [3.05, 3.63) is 0 Å². The Morgan fingerprint density at radius 3 is 1.36 bits per heavy atom. The van der Waals surface area contributed by atoms with Crippen molar-refractivity contribution in [3.8, 4) is 0 Å². The molecule has 2 bridgehead atoms. The maximum Gasteiger partial charge on any atom is 0.303 e. The molecule has 246 valence electrons. The highest BCUT2D eigenvalue weighted by atomic mass is 16.7. The van der Waals surface area contributed by atoms with Gasteiger partial charge in [0.2, 0.25) is 0 Å². The van der Waals surface area contributed by atoms with Gasteiger partial charge in [0.05, 0.1) is 11.5 Å². The average molecular weight is 629 g/mol. The molecule has 2 aliphatic carbocycles. The van der Waals surface area contributed by atoms with Crippen molar-refractivity contribution in [1.82, 2.24) is 0 Å². The average Bonchev–Trinajstić information content (AvgIpc) is 3.03. The van der Waals surface area contributed by atoms with Crippen LogP contribution in [0.4, 0.5) is 0 Å². The summed E-state index contributed by atoms with van der Waals surface area (Å²) in [5.74, 6) is -8.00. The van der Waals surface area contributed by atoms with Gasteiger partial charge in [-0.1, -0.05) is 6.92 Å². The Hall–Kier alpha value is -3.75. The molecule has 15 nitrogen and oxygen atoms in total. The molecular formula is C29H40O15. The third kappa shape index (κ3) is 5.85. The molecule has 0 aromatic rings. The van der Waals surface area contributed by atoms with Gasteiger partial charge in [0.25, 0.3) is 0 Å². The number of rotatable bonds is 8. The van der Waals surface area contributed by atoms with Crippen molar-refractivity contribution in [2.75, 3.05) is 6.61 Å². The van der Waals surface area contributed by atoms with Gasteiger partial charge in [0.15, 0.2) is 18.3 Å². The van der Waals surface area contributed by atoms with Crippen LogP contribution < -0.4 is 0 Å². The molecule has 0 aromatic carbocycles. The monoisotopic (exact) mass is 628 g/mol. The molecule has 1 aliphatic heterocycles. The minimum atomic E-state index is -2.11. The lowest BCUT2D eigenvalue weighted by molar-refractivity contribution is -0.348. The normalized spacial score (nSPS) is 36.5.